The summed E-state index contributed by atoms with van der Waals surface area (Å²) in [5, 5.41) is 19.1. The molecule has 4 rings (SSSR count). The molecule has 4 aromatic rings. The van der Waals surface area contributed by atoms with Crippen LogP contribution in [0, 0.1) is 11.8 Å². The minimum atomic E-state index is -0.743. The number of benzene rings is 1. The fraction of sp³-hybridized carbons (Fsp3) is 0. The van der Waals surface area contributed by atoms with Gasteiger partial charge in [0.05, 0.1) is 5.69 Å². The van der Waals surface area contributed by atoms with E-state index in [1.54, 1.807) is 36.1 Å². The highest BCUT2D eigenvalue weighted by atomic mass is 16.5. The topological polar surface area (TPSA) is 130 Å². The fourth-order valence-corrected chi connectivity index (χ4v) is 2.85. The van der Waals surface area contributed by atoms with Crippen LogP contribution in [0.1, 0.15) is 32.0 Å². The highest BCUT2D eigenvalue weighted by molar-refractivity contribution is 6.03. The SMILES string of the molecule is O=C(NO)c1cc(NC(=O)c2cccnn2)nc(-c2ccc(C#Cc3cccnc3)cc2)c1. The lowest BCUT2D eigenvalue weighted by Crippen LogP contribution is -2.20. The molecule has 3 heterocycles. The van der Waals surface area contributed by atoms with E-state index in [0.29, 0.717) is 11.3 Å². The summed E-state index contributed by atoms with van der Waals surface area (Å²) in [6.45, 7) is 0. The third-order valence-electron chi connectivity index (χ3n) is 4.43. The second-order valence-corrected chi connectivity index (χ2v) is 6.70. The van der Waals surface area contributed by atoms with E-state index in [1.165, 1.54) is 24.4 Å². The number of hydroxylamine groups is 1. The van der Waals surface area contributed by atoms with Crippen LogP contribution >= 0.6 is 0 Å². The van der Waals surface area contributed by atoms with Gasteiger partial charge in [0.2, 0.25) is 0 Å². The van der Waals surface area contributed by atoms with Gasteiger partial charge in [-0.25, -0.2) is 10.5 Å². The molecule has 0 unspecified atom stereocenters. The van der Waals surface area contributed by atoms with E-state index in [0.717, 1.165) is 11.1 Å². The van der Waals surface area contributed by atoms with Gasteiger partial charge in [0.25, 0.3) is 11.8 Å². The fourth-order valence-electron chi connectivity index (χ4n) is 2.85. The van der Waals surface area contributed by atoms with Gasteiger partial charge < -0.3 is 5.32 Å². The van der Waals surface area contributed by atoms with Crippen molar-refractivity contribution in [2.45, 2.75) is 0 Å². The van der Waals surface area contributed by atoms with Crippen molar-refractivity contribution >= 4 is 17.6 Å². The van der Waals surface area contributed by atoms with Crippen molar-refractivity contribution in [1.29, 1.82) is 0 Å². The molecule has 0 atom stereocenters. The lowest BCUT2D eigenvalue weighted by Gasteiger charge is -2.09. The summed E-state index contributed by atoms with van der Waals surface area (Å²) in [5.74, 6) is 4.92. The Hall–Kier alpha value is -4.94. The molecular weight excluding hydrogens is 420 g/mol. The number of aromatic nitrogens is 4. The van der Waals surface area contributed by atoms with E-state index in [-0.39, 0.29) is 17.1 Å². The minimum Gasteiger partial charge on any atom is -0.305 e. The molecule has 2 amide bonds. The zero-order valence-corrected chi connectivity index (χ0v) is 17.1. The van der Waals surface area contributed by atoms with Crippen LogP contribution in [0.2, 0.25) is 0 Å². The van der Waals surface area contributed by atoms with Gasteiger partial charge in [-0.05, 0) is 48.5 Å². The van der Waals surface area contributed by atoms with Gasteiger partial charge in [-0.1, -0.05) is 24.0 Å². The summed E-state index contributed by atoms with van der Waals surface area (Å²) in [6.07, 6.45) is 4.81. The number of amides is 2. The van der Waals surface area contributed by atoms with Gasteiger partial charge in [-0.3, -0.25) is 19.8 Å². The van der Waals surface area contributed by atoms with Gasteiger partial charge in [-0.2, -0.15) is 5.10 Å². The van der Waals surface area contributed by atoms with Crippen molar-refractivity contribution in [3.63, 3.8) is 0 Å². The number of hydrogen-bond acceptors (Lipinski definition) is 7. The molecule has 160 valence electrons. The van der Waals surface area contributed by atoms with Crippen molar-refractivity contribution in [1.82, 2.24) is 25.6 Å². The average Bonchev–Trinajstić information content (AvgIpc) is 2.88. The lowest BCUT2D eigenvalue weighted by molar-refractivity contribution is 0.0706. The Morgan fingerprint density at radius 3 is 2.36 bits per heavy atom. The van der Waals surface area contributed by atoms with Gasteiger partial charge >= 0.3 is 0 Å². The number of anilines is 1. The third kappa shape index (κ3) is 5.41. The maximum atomic E-state index is 12.4. The summed E-state index contributed by atoms with van der Waals surface area (Å²) in [7, 11) is 0. The Kier molecular flexibility index (Phi) is 6.40. The molecule has 9 heteroatoms. The quantitative estimate of drug-likeness (QED) is 0.255. The van der Waals surface area contributed by atoms with Gasteiger partial charge in [-0.15, -0.1) is 5.10 Å². The van der Waals surface area contributed by atoms with Crippen LogP contribution in [0.4, 0.5) is 5.82 Å². The normalized spacial score (nSPS) is 9.97. The Bertz CT molecular complexity index is 1350. The second kappa shape index (κ2) is 9.91. The van der Waals surface area contributed by atoms with Crippen molar-refractivity contribution in [2.24, 2.45) is 0 Å². The largest absolute Gasteiger partial charge is 0.305 e. The molecule has 0 fully saturated rings. The third-order valence-corrected chi connectivity index (χ3v) is 4.43. The maximum absolute atomic E-state index is 12.4. The molecule has 3 aromatic heterocycles. The van der Waals surface area contributed by atoms with E-state index < -0.39 is 11.8 Å². The number of pyridine rings is 2. The molecule has 0 aliphatic heterocycles. The first kappa shape index (κ1) is 21.3. The Labute approximate surface area is 188 Å². The van der Waals surface area contributed by atoms with E-state index >= 15 is 0 Å². The van der Waals surface area contributed by atoms with E-state index in [1.807, 2.05) is 24.3 Å². The predicted octanol–water partition coefficient (Wildman–Crippen LogP) is 2.70. The molecule has 0 aliphatic carbocycles. The van der Waals surface area contributed by atoms with Crippen LogP contribution in [0.15, 0.2) is 79.3 Å². The second-order valence-electron chi connectivity index (χ2n) is 6.70. The molecule has 0 aliphatic rings. The number of rotatable bonds is 4. The first-order valence-corrected chi connectivity index (χ1v) is 9.70. The summed E-state index contributed by atoms with van der Waals surface area (Å²) in [5.41, 5.74) is 4.47. The van der Waals surface area contributed by atoms with Crippen LogP contribution in [0.25, 0.3) is 11.3 Å². The number of hydrogen-bond donors (Lipinski definition) is 3. The first-order valence-electron chi connectivity index (χ1n) is 9.70. The minimum absolute atomic E-state index is 0.0920. The van der Waals surface area contributed by atoms with Gasteiger partial charge in [0.1, 0.15) is 5.82 Å². The highest BCUT2D eigenvalue weighted by Crippen LogP contribution is 2.22. The number of carbonyl (C=O) groups is 2. The monoisotopic (exact) mass is 436 g/mol. The van der Waals surface area contributed by atoms with Crippen LogP contribution in [0.3, 0.4) is 0 Å². The van der Waals surface area contributed by atoms with Crippen LogP contribution in [0.5, 0.6) is 0 Å². The molecule has 0 bridgehead atoms. The molecule has 3 N–H and O–H groups in total. The predicted molar refractivity (Wildman–Crippen MR) is 119 cm³/mol. The molecule has 0 radical (unpaired) electrons. The zero-order valence-electron chi connectivity index (χ0n) is 17.1. The molecule has 0 saturated heterocycles. The van der Waals surface area contributed by atoms with Crippen molar-refractivity contribution in [3.05, 3.63) is 102 Å². The number of nitrogens with zero attached hydrogens (tertiary/aromatic N) is 4. The van der Waals surface area contributed by atoms with Crippen LogP contribution in [-0.2, 0) is 0 Å². The standard InChI is InChI=1S/C24H16N6O3/c31-23(30-33)19-13-21(27-22(14-19)28-24(32)20-4-2-12-26-29-20)18-9-7-16(8-10-18)5-6-17-3-1-11-25-15-17/h1-4,7-15,33H,(H,30,31)(H,27,28,32). The number of nitrogens with one attached hydrogen (secondary N) is 2. The first-order chi connectivity index (χ1) is 16.1. The average molecular weight is 436 g/mol. The Balaban J connectivity index is 1.62. The molecule has 33 heavy (non-hydrogen) atoms. The van der Waals surface area contributed by atoms with Crippen LogP contribution < -0.4 is 10.8 Å². The number of carbonyl (C=O) groups excluding carboxylic acids is 2. The smallest absolute Gasteiger partial charge is 0.277 e. The van der Waals surface area contributed by atoms with Crippen LogP contribution in [-0.4, -0.2) is 37.2 Å². The molecule has 1 aromatic carbocycles. The lowest BCUT2D eigenvalue weighted by atomic mass is 10.1. The Morgan fingerprint density at radius 2 is 1.67 bits per heavy atom. The van der Waals surface area contributed by atoms with E-state index in [9.17, 15) is 9.59 Å². The summed E-state index contributed by atoms with van der Waals surface area (Å²) in [4.78, 5) is 32.9. The van der Waals surface area contributed by atoms with Crippen molar-refractivity contribution in [3.8, 4) is 23.1 Å². The van der Waals surface area contributed by atoms with Crippen molar-refractivity contribution in [2.75, 3.05) is 5.32 Å². The summed E-state index contributed by atoms with van der Waals surface area (Å²) in [6, 6.07) is 16.8. The summed E-state index contributed by atoms with van der Waals surface area (Å²) < 4.78 is 0. The van der Waals surface area contributed by atoms with E-state index in [4.69, 9.17) is 5.21 Å². The van der Waals surface area contributed by atoms with E-state index in [2.05, 4.69) is 37.3 Å². The zero-order chi connectivity index (χ0) is 23.0. The molecule has 0 saturated carbocycles. The van der Waals surface area contributed by atoms with Gasteiger partial charge in [0.15, 0.2) is 5.69 Å². The molecule has 9 nitrogen and oxygen atoms in total. The van der Waals surface area contributed by atoms with Crippen molar-refractivity contribution < 1.29 is 14.8 Å². The van der Waals surface area contributed by atoms with Gasteiger partial charge in [0, 0.05) is 40.8 Å². The Morgan fingerprint density at radius 1 is 0.879 bits per heavy atom. The summed E-state index contributed by atoms with van der Waals surface area (Å²) >= 11 is 0. The molecular formula is C24H16N6O3. The molecule has 0 spiro atoms. The maximum Gasteiger partial charge on any atom is 0.277 e. The highest BCUT2D eigenvalue weighted by Gasteiger charge is 2.14.